The maximum atomic E-state index is 14.4. The molecule has 0 unspecified atom stereocenters. The largest absolute Gasteiger partial charge is 0.345 e. The highest BCUT2D eigenvalue weighted by atomic mass is 19.1. The molecule has 5 rings (SSSR count). The molecule has 1 saturated carbocycles. The summed E-state index contributed by atoms with van der Waals surface area (Å²) in [6.07, 6.45) is 9.58. The third-order valence-electron chi connectivity index (χ3n) is 9.13. The lowest BCUT2D eigenvalue weighted by atomic mass is 9.78. The molecule has 1 fully saturated rings. The smallest absolute Gasteiger partial charge is 0.275 e. The summed E-state index contributed by atoms with van der Waals surface area (Å²) in [6.45, 7) is 6.64. The van der Waals surface area contributed by atoms with E-state index in [-0.39, 0.29) is 35.7 Å². The van der Waals surface area contributed by atoms with Gasteiger partial charge in [0, 0.05) is 17.2 Å². The fourth-order valence-corrected chi connectivity index (χ4v) is 6.70. The summed E-state index contributed by atoms with van der Waals surface area (Å²) in [6, 6.07) is 10.2. The Morgan fingerprint density at radius 1 is 1.07 bits per heavy atom. The van der Waals surface area contributed by atoms with E-state index in [1.165, 1.54) is 31.4 Å². The maximum Gasteiger partial charge on any atom is 0.275 e. The van der Waals surface area contributed by atoms with Crippen LogP contribution in [0.1, 0.15) is 118 Å². The predicted molar refractivity (Wildman–Crippen MR) is 167 cm³/mol. The molecule has 1 aromatic heterocycles. The zero-order valence-corrected chi connectivity index (χ0v) is 26.4. The van der Waals surface area contributed by atoms with E-state index < -0.39 is 17.3 Å². The van der Waals surface area contributed by atoms with Crippen LogP contribution in [0.2, 0.25) is 0 Å². The molecule has 240 valence electrons. The Bertz CT molecular complexity index is 1460. The van der Waals surface area contributed by atoms with Crippen LogP contribution >= 0.6 is 0 Å². The number of amides is 2. The zero-order valence-electron chi connectivity index (χ0n) is 26.4. The summed E-state index contributed by atoms with van der Waals surface area (Å²) in [7, 11) is 0. The van der Waals surface area contributed by atoms with Crippen LogP contribution in [0.15, 0.2) is 47.5 Å². The first-order valence-electron chi connectivity index (χ1n) is 16.2. The van der Waals surface area contributed by atoms with Crippen LogP contribution < -0.4 is 5.32 Å². The number of aliphatic imine (C=N–C) groups is 1. The lowest BCUT2D eigenvalue weighted by molar-refractivity contribution is -0.133. The molecule has 2 aliphatic rings. The number of nitrogens with zero attached hydrogens (tertiary/aromatic N) is 5. The summed E-state index contributed by atoms with van der Waals surface area (Å²) in [5.41, 5.74) is 0.848. The van der Waals surface area contributed by atoms with Crippen molar-refractivity contribution in [3.63, 3.8) is 0 Å². The summed E-state index contributed by atoms with van der Waals surface area (Å²) < 4.78 is 28.7. The van der Waals surface area contributed by atoms with Crippen LogP contribution in [0.5, 0.6) is 0 Å². The predicted octanol–water partition coefficient (Wildman–Crippen LogP) is 6.68. The highest BCUT2D eigenvalue weighted by molar-refractivity contribution is 6.46. The van der Waals surface area contributed by atoms with E-state index in [2.05, 4.69) is 46.7 Å². The lowest BCUT2D eigenvalue weighted by Crippen LogP contribution is -2.50. The maximum absolute atomic E-state index is 14.4. The van der Waals surface area contributed by atoms with Crippen molar-refractivity contribution in [3.8, 4) is 0 Å². The zero-order chi connectivity index (χ0) is 32.0. The molecule has 2 heterocycles. The van der Waals surface area contributed by atoms with Gasteiger partial charge in [-0.2, -0.15) is 5.21 Å². The van der Waals surface area contributed by atoms with Gasteiger partial charge < -0.3 is 10.2 Å². The van der Waals surface area contributed by atoms with Crippen molar-refractivity contribution >= 4 is 17.5 Å². The number of tetrazole rings is 1. The Hall–Kier alpha value is -4.02. The number of unbranched alkanes of at least 4 members (excludes halogenated alkanes) is 2. The van der Waals surface area contributed by atoms with Gasteiger partial charge in [0.2, 0.25) is 0 Å². The molecule has 45 heavy (non-hydrogen) atoms. The topological polar surface area (TPSA) is 116 Å². The first-order valence-corrected chi connectivity index (χ1v) is 16.2. The first kappa shape index (κ1) is 32.4. The van der Waals surface area contributed by atoms with Crippen molar-refractivity contribution in [1.29, 1.82) is 0 Å². The number of aromatic nitrogens is 4. The van der Waals surface area contributed by atoms with Crippen LogP contribution in [-0.4, -0.2) is 48.7 Å². The number of carbonyl (C=O) groups excluding carboxylic acids is 2. The molecule has 2 aromatic carbocycles. The average molecular weight is 620 g/mol. The van der Waals surface area contributed by atoms with Gasteiger partial charge in [-0.05, 0) is 80.2 Å². The van der Waals surface area contributed by atoms with Crippen molar-refractivity contribution in [2.24, 2.45) is 16.8 Å². The monoisotopic (exact) mass is 619 g/mol. The number of hydrogen-bond donors (Lipinski definition) is 2. The van der Waals surface area contributed by atoms with Gasteiger partial charge in [-0.25, -0.2) is 8.78 Å². The second-order valence-corrected chi connectivity index (χ2v) is 12.8. The number of rotatable bonds is 13. The second kappa shape index (κ2) is 14.4. The van der Waals surface area contributed by atoms with E-state index in [9.17, 15) is 18.4 Å². The van der Waals surface area contributed by atoms with E-state index in [0.29, 0.717) is 42.5 Å². The van der Waals surface area contributed by atoms with Crippen LogP contribution in [-0.2, 0) is 11.3 Å². The van der Waals surface area contributed by atoms with Crippen LogP contribution in [0.3, 0.4) is 0 Å². The minimum atomic E-state index is -0.793. The number of benzene rings is 2. The normalized spacial score (nSPS) is 20.6. The van der Waals surface area contributed by atoms with Gasteiger partial charge in [-0.15, -0.1) is 10.2 Å². The molecule has 3 aromatic rings. The summed E-state index contributed by atoms with van der Waals surface area (Å²) in [5.74, 6) is -0.721. The fraction of sp³-hybridized carbons (Fsp3) is 0.529. The molecule has 0 bridgehead atoms. The molecular formula is C34H43F2N7O2. The number of H-pyrrole nitrogens is 1. The SMILES string of the molecule is CCCCCC1CCC2(CC1)N=C(c1cc(F)cc(F)c1)C(=O)N2[C@H](CCC(C)C)c1ccc(C(=O)NCc2nn[nH]n2)cc1. The first-order chi connectivity index (χ1) is 21.7. The van der Waals surface area contributed by atoms with Crippen molar-refractivity contribution in [2.45, 2.75) is 103 Å². The number of carbonyl (C=O) groups is 2. The molecule has 0 saturated heterocycles. The molecule has 1 aliphatic carbocycles. The van der Waals surface area contributed by atoms with Crippen molar-refractivity contribution in [2.75, 3.05) is 0 Å². The quantitative estimate of drug-likeness (QED) is 0.207. The Labute approximate surface area is 263 Å². The van der Waals surface area contributed by atoms with Crippen molar-refractivity contribution in [1.82, 2.24) is 30.8 Å². The number of aromatic amines is 1. The molecule has 0 radical (unpaired) electrons. The molecule has 1 atom stereocenters. The van der Waals surface area contributed by atoms with E-state index in [1.807, 2.05) is 17.0 Å². The molecule has 2 N–H and O–H groups in total. The van der Waals surface area contributed by atoms with Gasteiger partial charge in [0.1, 0.15) is 23.0 Å². The van der Waals surface area contributed by atoms with Crippen LogP contribution in [0.25, 0.3) is 0 Å². The minimum Gasteiger partial charge on any atom is -0.345 e. The summed E-state index contributed by atoms with van der Waals surface area (Å²) >= 11 is 0. The Kier molecular flexibility index (Phi) is 10.4. The molecule has 2 amide bonds. The molecule has 9 nitrogen and oxygen atoms in total. The number of hydrogen-bond acceptors (Lipinski definition) is 6. The molecular weight excluding hydrogens is 576 g/mol. The average Bonchev–Trinajstić information content (AvgIpc) is 3.64. The molecule has 11 heteroatoms. The van der Waals surface area contributed by atoms with Gasteiger partial charge in [0.05, 0.1) is 12.6 Å². The molecule has 1 aliphatic heterocycles. The minimum absolute atomic E-state index is 0.116. The Morgan fingerprint density at radius 3 is 2.40 bits per heavy atom. The van der Waals surface area contributed by atoms with Gasteiger partial charge in [-0.3, -0.25) is 14.6 Å². The van der Waals surface area contributed by atoms with Crippen LogP contribution in [0, 0.1) is 23.5 Å². The Morgan fingerprint density at radius 2 is 1.78 bits per heavy atom. The highest BCUT2D eigenvalue weighted by Gasteiger charge is 2.51. The summed E-state index contributed by atoms with van der Waals surface area (Å²) in [4.78, 5) is 34.2. The lowest BCUT2D eigenvalue weighted by Gasteiger charge is -2.45. The Balaban J connectivity index is 1.46. The number of nitrogens with one attached hydrogen (secondary N) is 2. The van der Waals surface area contributed by atoms with E-state index in [0.717, 1.165) is 37.3 Å². The third-order valence-corrected chi connectivity index (χ3v) is 9.13. The van der Waals surface area contributed by atoms with Gasteiger partial charge in [0.15, 0.2) is 5.82 Å². The van der Waals surface area contributed by atoms with Gasteiger partial charge >= 0.3 is 0 Å². The standard InChI is InChI=1S/C34H43F2N7O2/c1-4-5-6-7-23-14-16-34(17-15-23)38-31(26-18-27(35)20-28(36)19-26)33(45)43(34)29(13-8-22(2)3)24-9-11-25(12-10-24)32(44)37-21-30-39-41-42-40-30/h9-12,18-20,22-23,29H,4-8,13-17,21H2,1-3H3,(H,37,44)(H,39,40,41,42)/t23?,29-,34?/m1/s1. The van der Waals surface area contributed by atoms with E-state index in [4.69, 9.17) is 4.99 Å². The van der Waals surface area contributed by atoms with Gasteiger partial charge in [-0.1, -0.05) is 63.8 Å². The number of halogens is 2. The second-order valence-electron chi connectivity index (χ2n) is 12.8. The van der Waals surface area contributed by atoms with Gasteiger partial charge in [0.25, 0.3) is 11.8 Å². The van der Waals surface area contributed by atoms with Crippen molar-refractivity contribution in [3.05, 3.63) is 76.6 Å². The van der Waals surface area contributed by atoms with E-state index in [1.54, 1.807) is 12.1 Å². The van der Waals surface area contributed by atoms with Crippen molar-refractivity contribution < 1.29 is 18.4 Å². The fourth-order valence-electron chi connectivity index (χ4n) is 6.70. The highest BCUT2D eigenvalue weighted by Crippen LogP contribution is 2.48. The third kappa shape index (κ3) is 7.62. The molecule has 1 spiro atoms. The van der Waals surface area contributed by atoms with E-state index >= 15 is 0 Å². The summed E-state index contributed by atoms with van der Waals surface area (Å²) in [5, 5.41) is 16.4. The van der Waals surface area contributed by atoms with Crippen LogP contribution in [0.4, 0.5) is 8.78 Å².